The van der Waals surface area contributed by atoms with Crippen LogP contribution >= 0.6 is 0 Å². The van der Waals surface area contributed by atoms with Gasteiger partial charge in [-0.3, -0.25) is 4.55 Å². The van der Waals surface area contributed by atoms with Crippen molar-refractivity contribution >= 4 is 21.5 Å². The Bertz CT molecular complexity index is 998. The highest BCUT2D eigenvalue weighted by Crippen LogP contribution is 2.33. The first-order chi connectivity index (χ1) is 11.8. The SMILES string of the molecule is Nc1ccc(-c2ccc(N)c(Oc3ccc(S(=O)(=O)O)cc3)c2)cc1. The number of nitrogens with two attached hydrogens (primary N) is 2. The normalized spacial score (nSPS) is 11.2. The Balaban J connectivity index is 1.89. The standard InChI is InChI=1S/C18H16N2O4S/c19-14-4-1-12(2-5-14)13-3-10-17(20)18(11-13)24-15-6-8-16(9-7-15)25(21,22)23/h1-11H,19-20H2,(H,21,22,23). The predicted molar refractivity (Wildman–Crippen MR) is 97.0 cm³/mol. The number of hydrogen-bond donors (Lipinski definition) is 3. The minimum absolute atomic E-state index is 0.205. The Morgan fingerprint density at radius 2 is 1.40 bits per heavy atom. The summed E-state index contributed by atoms with van der Waals surface area (Å²) < 4.78 is 36.9. The summed E-state index contributed by atoms with van der Waals surface area (Å²) in [6, 6.07) is 18.2. The Labute approximate surface area is 145 Å². The lowest BCUT2D eigenvalue weighted by Crippen LogP contribution is -1.98. The third-order valence-corrected chi connectivity index (χ3v) is 4.47. The Morgan fingerprint density at radius 1 is 0.800 bits per heavy atom. The lowest BCUT2D eigenvalue weighted by Gasteiger charge is -2.11. The van der Waals surface area contributed by atoms with Crippen LogP contribution in [0.1, 0.15) is 0 Å². The Hall–Kier alpha value is -3.03. The van der Waals surface area contributed by atoms with Crippen LogP contribution in [-0.4, -0.2) is 13.0 Å². The maximum atomic E-state index is 11.1. The third kappa shape index (κ3) is 3.90. The summed E-state index contributed by atoms with van der Waals surface area (Å²) in [6.45, 7) is 0. The molecule has 7 heteroatoms. The van der Waals surface area contributed by atoms with Crippen molar-refractivity contribution in [2.45, 2.75) is 4.90 Å². The van der Waals surface area contributed by atoms with Crippen LogP contribution in [0, 0.1) is 0 Å². The fraction of sp³-hybridized carbons (Fsp3) is 0. The molecule has 3 aromatic rings. The highest BCUT2D eigenvalue weighted by Gasteiger charge is 2.10. The summed E-state index contributed by atoms with van der Waals surface area (Å²) in [5.41, 5.74) is 14.6. The molecule has 0 spiro atoms. The van der Waals surface area contributed by atoms with Crippen molar-refractivity contribution in [3.8, 4) is 22.6 Å². The van der Waals surface area contributed by atoms with Crippen molar-refractivity contribution in [1.29, 1.82) is 0 Å². The highest BCUT2D eigenvalue weighted by molar-refractivity contribution is 7.85. The first kappa shape index (κ1) is 16.8. The van der Waals surface area contributed by atoms with E-state index in [2.05, 4.69) is 0 Å². The molecule has 3 aromatic carbocycles. The molecule has 0 saturated carbocycles. The van der Waals surface area contributed by atoms with Gasteiger partial charge in [0.05, 0.1) is 10.6 Å². The second-order valence-corrected chi connectivity index (χ2v) is 6.84. The van der Waals surface area contributed by atoms with Crippen LogP contribution in [0.3, 0.4) is 0 Å². The summed E-state index contributed by atoms with van der Waals surface area (Å²) >= 11 is 0. The summed E-state index contributed by atoms with van der Waals surface area (Å²) in [5, 5.41) is 0. The zero-order valence-corrected chi connectivity index (χ0v) is 13.9. The van der Waals surface area contributed by atoms with Crippen molar-refractivity contribution in [2.75, 3.05) is 11.5 Å². The van der Waals surface area contributed by atoms with Gasteiger partial charge in [-0.05, 0) is 59.7 Å². The zero-order chi connectivity index (χ0) is 18.0. The van der Waals surface area contributed by atoms with E-state index in [1.54, 1.807) is 24.3 Å². The van der Waals surface area contributed by atoms with Gasteiger partial charge in [0.2, 0.25) is 0 Å². The monoisotopic (exact) mass is 356 g/mol. The molecular weight excluding hydrogens is 340 g/mol. The van der Waals surface area contributed by atoms with Crippen LogP contribution in [0.15, 0.2) is 71.6 Å². The molecular formula is C18H16N2O4S. The van der Waals surface area contributed by atoms with Gasteiger partial charge >= 0.3 is 0 Å². The predicted octanol–water partition coefficient (Wildman–Crippen LogP) is 3.56. The van der Waals surface area contributed by atoms with Crippen LogP contribution in [0.2, 0.25) is 0 Å². The second kappa shape index (κ2) is 6.46. The maximum absolute atomic E-state index is 11.1. The number of hydrogen-bond acceptors (Lipinski definition) is 5. The van der Waals surface area contributed by atoms with Gasteiger partial charge in [-0.2, -0.15) is 8.42 Å². The van der Waals surface area contributed by atoms with Crippen LogP contribution in [0.25, 0.3) is 11.1 Å². The first-order valence-electron chi connectivity index (χ1n) is 7.34. The molecule has 0 aromatic heterocycles. The lowest BCUT2D eigenvalue weighted by molar-refractivity contribution is 0.479. The van der Waals surface area contributed by atoms with Crippen molar-refractivity contribution in [3.63, 3.8) is 0 Å². The molecule has 0 saturated heterocycles. The van der Waals surface area contributed by atoms with E-state index >= 15 is 0 Å². The number of ether oxygens (including phenoxy) is 1. The van der Waals surface area contributed by atoms with E-state index < -0.39 is 10.1 Å². The van der Waals surface area contributed by atoms with Crippen molar-refractivity contribution in [2.24, 2.45) is 0 Å². The second-order valence-electron chi connectivity index (χ2n) is 5.42. The molecule has 0 heterocycles. The fourth-order valence-electron chi connectivity index (χ4n) is 2.28. The Morgan fingerprint density at radius 3 is 2.00 bits per heavy atom. The summed E-state index contributed by atoms with van der Waals surface area (Å²) in [6.07, 6.45) is 0. The van der Waals surface area contributed by atoms with E-state index in [9.17, 15) is 8.42 Å². The summed E-state index contributed by atoms with van der Waals surface area (Å²) in [4.78, 5) is -0.205. The fourth-order valence-corrected chi connectivity index (χ4v) is 2.76. The summed E-state index contributed by atoms with van der Waals surface area (Å²) in [5.74, 6) is 0.836. The largest absolute Gasteiger partial charge is 0.455 e. The molecule has 0 fully saturated rings. The van der Waals surface area contributed by atoms with Gasteiger partial charge < -0.3 is 16.2 Å². The van der Waals surface area contributed by atoms with E-state index in [0.29, 0.717) is 22.9 Å². The molecule has 0 radical (unpaired) electrons. The van der Waals surface area contributed by atoms with Crippen LogP contribution in [-0.2, 0) is 10.1 Å². The molecule has 25 heavy (non-hydrogen) atoms. The van der Waals surface area contributed by atoms with E-state index in [1.165, 1.54) is 24.3 Å². The van der Waals surface area contributed by atoms with Crippen LogP contribution < -0.4 is 16.2 Å². The smallest absolute Gasteiger partial charge is 0.294 e. The molecule has 0 amide bonds. The highest BCUT2D eigenvalue weighted by atomic mass is 32.2. The molecule has 0 bridgehead atoms. The van der Waals surface area contributed by atoms with E-state index in [4.69, 9.17) is 20.8 Å². The molecule has 5 N–H and O–H groups in total. The molecule has 0 unspecified atom stereocenters. The van der Waals surface area contributed by atoms with E-state index in [1.807, 2.05) is 18.2 Å². The molecule has 0 aliphatic carbocycles. The number of nitrogen functional groups attached to an aromatic ring is 2. The van der Waals surface area contributed by atoms with Crippen molar-refractivity contribution < 1.29 is 17.7 Å². The quantitative estimate of drug-likeness (QED) is 0.486. The molecule has 0 atom stereocenters. The first-order valence-corrected chi connectivity index (χ1v) is 8.78. The molecule has 0 aliphatic rings. The molecule has 3 rings (SSSR count). The zero-order valence-electron chi connectivity index (χ0n) is 13.1. The van der Waals surface area contributed by atoms with Gasteiger partial charge in [0.15, 0.2) is 5.75 Å². The van der Waals surface area contributed by atoms with Gasteiger partial charge in [-0.15, -0.1) is 0 Å². The van der Waals surface area contributed by atoms with Gasteiger partial charge in [0, 0.05) is 5.69 Å². The van der Waals surface area contributed by atoms with Crippen molar-refractivity contribution in [3.05, 3.63) is 66.7 Å². The average molecular weight is 356 g/mol. The minimum atomic E-state index is -4.24. The minimum Gasteiger partial charge on any atom is -0.455 e. The molecule has 6 nitrogen and oxygen atoms in total. The topological polar surface area (TPSA) is 116 Å². The average Bonchev–Trinajstić information content (AvgIpc) is 2.57. The van der Waals surface area contributed by atoms with Gasteiger partial charge in [-0.1, -0.05) is 18.2 Å². The maximum Gasteiger partial charge on any atom is 0.294 e. The Kier molecular flexibility index (Phi) is 4.35. The molecule has 0 aliphatic heterocycles. The van der Waals surface area contributed by atoms with Crippen LogP contribution in [0.5, 0.6) is 11.5 Å². The third-order valence-electron chi connectivity index (χ3n) is 3.61. The number of rotatable bonds is 4. The van der Waals surface area contributed by atoms with Gasteiger partial charge in [0.1, 0.15) is 5.75 Å². The van der Waals surface area contributed by atoms with E-state index in [0.717, 1.165) is 11.1 Å². The summed E-state index contributed by atoms with van der Waals surface area (Å²) in [7, 11) is -4.24. The lowest BCUT2D eigenvalue weighted by atomic mass is 10.0. The molecule has 128 valence electrons. The van der Waals surface area contributed by atoms with E-state index in [-0.39, 0.29) is 4.90 Å². The van der Waals surface area contributed by atoms with Gasteiger partial charge in [0.25, 0.3) is 10.1 Å². The number of anilines is 2. The van der Waals surface area contributed by atoms with Gasteiger partial charge in [-0.25, -0.2) is 0 Å². The number of benzene rings is 3. The van der Waals surface area contributed by atoms with Crippen molar-refractivity contribution in [1.82, 2.24) is 0 Å². The van der Waals surface area contributed by atoms with Crippen LogP contribution in [0.4, 0.5) is 11.4 Å².